The van der Waals surface area contributed by atoms with Crippen LogP contribution < -0.4 is 0 Å². The fraction of sp³-hybridized carbons (Fsp3) is 0.895. The summed E-state index contributed by atoms with van der Waals surface area (Å²) in [7, 11) is -0.922. The Labute approximate surface area is 163 Å². The number of piperazine rings is 1. The molecule has 0 bridgehead atoms. The Morgan fingerprint density at radius 1 is 0.963 bits per heavy atom. The molecule has 2 heterocycles. The fourth-order valence-corrected chi connectivity index (χ4v) is 6.45. The third-order valence-electron chi connectivity index (χ3n) is 6.51. The molecule has 0 aromatic rings. The first-order chi connectivity index (χ1) is 12.8. The predicted octanol–water partition coefficient (Wildman–Crippen LogP) is 0.602. The number of rotatable bonds is 4. The quantitative estimate of drug-likeness (QED) is 0.692. The van der Waals surface area contributed by atoms with Crippen LogP contribution in [0.4, 0.5) is 0 Å². The van der Waals surface area contributed by atoms with E-state index in [1.54, 1.807) is 4.90 Å². The molecule has 154 valence electrons. The van der Waals surface area contributed by atoms with Crippen molar-refractivity contribution in [2.24, 2.45) is 11.8 Å². The van der Waals surface area contributed by atoms with Crippen molar-refractivity contribution in [2.75, 3.05) is 51.3 Å². The van der Waals surface area contributed by atoms with Crippen LogP contribution in [0.5, 0.6) is 0 Å². The van der Waals surface area contributed by atoms with E-state index in [2.05, 4.69) is 11.9 Å². The zero-order valence-corrected chi connectivity index (χ0v) is 17.4. The molecule has 1 aliphatic carbocycles. The molecule has 3 aliphatic rings. The molecule has 0 aromatic heterocycles. The lowest BCUT2D eigenvalue weighted by Gasteiger charge is -2.37. The summed E-state index contributed by atoms with van der Waals surface area (Å²) >= 11 is 0. The maximum Gasteiger partial charge on any atom is 0.225 e. The lowest BCUT2D eigenvalue weighted by molar-refractivity contribution is -0.143. The number of nitrogens with zero attached hydrogens (tertiary/aromatic N) is 3. The first-order valence-corrected chi connectivity index (χ1v) is 12.1. The summed E-state index contributed by atoms with van der Waals surface area (Å²) in [6.45, 7) is 5.93. The van der Waals surface area contributed by atoms with Gasteiger partial charge >= 0.3 is 0 Å². The smallest absolute Gasteiger partial charge is 0.225 e. The molecule has 1 saturated carbocycles. The molecule has 7 nitrogen and oxygen atoms in total. The zero-order valence-electron chi connectivity index (χ0n) is 16.6. The highest BCUT2D eigenvalue weighted by Crippen LogP contribution is 2.32. The lowest BCUT2D eigenvalue weighted by Crippen LogP contribution is -2.50. The van der Waals surface area contributed by atoms with Crippen molar-refractivity contribution in [3.05, 3.63) is 0 Å². The van der Waals surface area contributed by atoms with Gasteiger partial charge in [-0.25, -0.2) is 8.42 Å². The van der Waals surface area contributed by atoms with E-state index in [1.807, 2.05) is 11.8 Å². The molecule has 3 fully saturated rings. The first kappa shape index (κ1) is 20.6. The highest BCUT2D eigenvalue weighted by molar-refractivity contribution is 7.91. The maximum atomic E-state index is 13.0. The van der Waals surface area contributed by atoms with Crippen LogP contribution in [0.2, 0.25) is 0 Å². The van der Waals surface area contributed by atoms with Crippen molar-refractivity contribution in [2.45, 2.75) is 45.1 Å². The third-order valence-corrected chi connectivity index (χ3v) is 8.26. The maximum absolute atomic E-state index is 13.0. The highest BCUT2D eigenvalue weighted by Gasteiger charge is 2.38. The minimum absolute atomic E-state index is 0.0411. The van der Waals surface area contributed by atoms with Gasteiger partial charge in [0.15, 0.2) is 9.84 Å². The predicted molar refractivity (Wildman–Crippen MR) is 104 cm³/mol. The van der Waals surface area contributed by atoms with Crippen LogP contribution >= 0.6 is 0 Å². The minimum atomic E-state index is -3.00. The van der Waals surface area contributed by atoms with Gasteiger partial charge in [0.05, 0.1) is 11.5 Å². The number of hydrogen-bond donors (Lipinski definition) is 0. The van der Waals surface area contributed by atoms with Gasteiger partial charge in [-0.05, 0) is 46.1 Å². The summed E-state index contributed by atoms with van der Waals surface area (Å²) in [4.78, 5) is 31.7. The second kappa shape index (κ2) is 8.47. The summed E-state index contributed by atoms with van der Waals surface area (Å²) in [5.41, 5.74) is 0. The molecule has 3 rings (SSSR count). The Morgan fingerprint density at radius 3 is 2.07 bits per heavy atom. The van der Waals surface area contributed by atoms with Gasteiger partial charge in [0.1, 0.15) is 0 Å². The summed E-state index contributed by atoms with van der Waals surface area (Å²) in [6.07, 6.45) is 3.56. The zero-order chi connectivity index (χ0) is 19.6. The molecule has 0 aromatic carbocycles. The third kappa shape index (κ3) is 4.83. The Kier molecular flexibility index (Phi) is 6.46. The van der Waals surface area contributed by atoms with Crippen LogP contribution in [0.15, 0.2) is 0 Å². The van der Waals surface area contributed by atoms with E-state index in [-0.39, 0.29) is 41.2 Å². The summed E-state index contributed by atoms with van der Waals surface area (Å²) < 4.78 is 23.5. The fourth-order valence-electron chi connectivity index (χ4n) is 4.72. The number of sulfone groups is 1. The van der Waals surface area contributed by atoms with Crippen LogP contribution in [0.1, 0.15) is 39.0 Å². The molecule has 2 aliphatic heterocycles. The topological polar surface area (TPSA) is 78.0 Å². The molecule has 8 heteroatoms. The molecule has 1 atom stereocenters. The van der Waals surface area contributed by atoms with E-state index >= 15 is 0 Å². The van der Waals surface area contributed by atoms with E-state index in [9.17, 15) is 18.0 Å². The van der Waals surface area contributed by atoms with E-state index in [0.29, 0.717) is 13.0 Å². The Morgan fingerprint density at radius 2 is 1.56 bits per heavy atom. The van der Waals surface area contributed by atoms with Crippen molar-refractivity contribution in [3.63, 3.8) is 0 Å². The van der Waals surface area contributed by atoms with Gasteiger partial charge < -0.3 is 14.7 Å². The molecule has 2 saturated heterocycles. The average molecular weight is 400 g/mol. The Hall–Kier alpha value is -1.15. The van der Waals surface area contributed by atoms with Crippen molar-refractivity contribution in [3.8, 4) is 0 Å². The second-order valence-corrected chi connectivity index (χ2v) is 10.6. The molecular weight excluding hydrogens is 366 g/mol. The van der Waals surface area contributed by atoms with Crippen LogP contribution in [-0.2, 0) is 19.4 Å². The van der Waals surface area contributed by atoms with Crippen molar-refractivity contribution in [1.29, 1.82) is 0 Å². The van der Waals surface area contributed by atoms with Crippen LogP contribution in [0.25, 0.3) is 0 Å². The number of likely N-dealkylation sites (N-methyl/N-ethyl adjacent to an activating group) is 1. The molecule has 1 unspecified atom stereocenters. The molecule has 0 spiro atoms. The summed E-state index contributed by atoms with van der Waals surface area (Å²) in [6, 6.07) is -0.169. The van der Waals surface area contributed by atoms with Gasteiger partial charge in [0.2, 0.25) is 11.8 Å². The van der Waals surface area contributed by atoms with Crippen molar-refractivity contribution < 1.29 is 18.0 Å². The standard InChI is InChI=1S/C19H33N3O4S/c1-3-22(17-8-13-27(25,26)14-17)19(24)16-6-4-15(5-7-16)18(23)21-11-9-20(2)10-12-21/h15-17H,3-14H2,1-2H3. The largest absolute Gasteiger partial charge is 0.340 e. The molecule has 0 N–H and O–H groups in total. The Balaban J connectivity index is 1.52. The molecule has 0 radical (unpaired) electrons. The number of amides is 2. The van der Waals surface area contributed by atoms with Crippen LogP contribution in [0, 0.1) is 11.8 Å². The summed E-state index contributed by atoms with van der Waals surface area (Å²) in [5, 5.41) is 0. The summed E-state index contributed by atoms with van der Waals surface area (Å²) in [5.74, 6) is 0.606. The van der Waals surface area contributed by atoms with E-state index in [0.717, 1.165) is 51.9 Å². The van der Waals surface area contributed by atoms with Crippen molar-refractivity contribution >= 4 is 21.7 Å². The Bertz CT molecular complexity index is 650. The van der Waals surface area contributed by atoms with E-state index in [1.165, 1.54) is 0 Å². The lowest BCUT2D eigenvalue weighted by atomic mass is 9.80. The van der Waals surface area contributed by atoms with Gasteiger partial charge in [-0.2, -0.15) is 0 Å². The van der Waals surface area contributed by atoms with Gasteiger partial charge in [0.25, 0.3) is 0 Å². The van der Waals surface area contributed by atoms with Gasteiger partial charge in [-0.1, -0.05) is 0 Å². The SMILES string of the molecule is CCN(C(=O)C1CCC(C(=O)N2CCN(C)CC2)CC1)C1CCS(=O)(=O)C1. The highest BCUT2D eigenvalue weighted by atomic mass is 32.2. The van der Waals surface area contributed by atoms with E-state index in [4.69, 9.17) is 0 Å². The number of carbonyl (C=O) groups is 2. The molecule has 27 heavy (non-hydrogen) atoms. The number of carbonyl (C=O) groups excluding carboxylic acids is 2. The monoisotopic (exact) mass is 399 g/mol. The van der Waals surface area contributed by atoms with Crippen molar-refractivity contribution in [1.82, 2.24) is 14.7 Å². The average Bonchev–Trinajstić information content (AvgIpc) is 3.02. The molecular formula is C19H33N3O4S. The normalized spacial score (nSPS) is 31.6. The second-order valence-electron chi connectivity index (χ2n) is 8.36. The van der Waals surface area contributed by atoms with Gasteiger partial charge in [-0.15, -0.1) is 0 Å². The van der Waals surface area contributed by atoms with Gasteiger partial charge in [-0.3, -0.25) is 9.59 Å². The minimum Gasteiger partial charge on any atom is -0.340 e. The number of hydrogen-bond acceptors (Lipinski definition) is 5. The van der Waals surface area contributed by atoms with Crippen LogP contribution in [-0.4, -0.2) is 92.3 Å². The van der Waals surface area contributed by atoms with E-state index < -0.39 is 9.84 Å². The first-order valence-electron chi connectivity index (χ1n) is 10.3. The van der Waals surface area contributed by atoms with Gasteiger partial charge in [0, 0.05) is 50.6 Å². The molecule has 2 amide bonds. The van der Waals surface area contributed by atoms with Crippen LogP contribution in [0.3, 0.4) is 0 Å².